The molecule has 148 valence electrons. The van der Waals surface area contributed by atoms with Gasteiger partial charge in [0.2, 0.25) is 6.10 Å². The maximum absolute atomic E-state index is 14.0. The van der Waals surface area contributed by atoms with Crippen LogP contribution in [-0.4, -0.2) is 17.5 Å². The van der Waals surface area contributed by atoms with Crippen molar-refractivity contribution >= 4 is 39.1 Å². The molecule has 0 heterocycles. The van der Waals surface area contributed by atoms with E-state index in [4.69, 9.17) is 16.3 Å². The van der Waals surface area contributed by atoms with Crippen molar-refractivity contribution in [3.63, 3.8) is 0 Å². The van der Waals surface area contributed by atoms with Crippen LogP contribution in [0, 0.1) is 5.92 Å². The minimum Gasteiger partial charge on any atom is -0.447 e. The molecule has 0 bridgehead atoms. The molecular weight excluding hydrogens is 389 g/mol. The lowest BCUT2D eigenvalue weighted by atomic mass is 9.93. The maximum Gasteiger partial charge on any atom is 0.429 e. The normalized spacial score (nSPS) is 14.4. The van der Waals surface area contributed by atoms with E-state index in [0.717, 1.165) is 0 Å². The summed E-state index contributed by atoms with van der Waals surface area (Å²) in [7, 11) is 0. The summed E-state index contributed by atoms with van der Waals surface area (Å²) in [5.74, 6) is -1.01. The summed E-state index contributed by atoms with van der Waals surface area (Å²) in [5.41, 5.74) is -0.0667. The van der Waals surface area contributed by atoms with Crippen molar-refractivity contribution in [2.75, 3.05) is 0 Å². The molecule has 28 heavy (non-hydrogen) atoms. The van der Waals surface area contributed by atoms with E-state index in [1.54, 1.807) is 48.5 Å². The van der Waals surface area contributed by atoms with Crippen LogP contribution in [0.15, 0.2) is 54.6 Å². The number of fused-ring (bicyclic) bond motifs is 2. The second-order valence-corrected chi connectivity index (χ2v) is 7.71. The average molecular weight is 409 g/mol. The van der Waals surface area contributed by atoms with Crippen LogP contribution in [0.1, 0.15) is 31.9 Å². The first-order valence-corrected chi connectivity index (χ1v) is 9.43. The van der Waals surface area contributed by atoms with Crippen molar-refractivity contribution in [3.8, 4) is 0 Å². The van der Waals surface area contributed by atoms with Gasteiger partial charge < -0.3 is 4.74 Å². The van der Waals surface area contributed by atoms with Crippen LogP contribution in [0.25, 0.3) is 21.5 Å². The van der Waals surface area contributed by atoms with Gasteiger partial charge in [-0.3, -0.25) is 4.79 Å². The Morgan fingerprint density at radius 3 is 1.96 bits per heavy atom. The number of carbonyl (C=O) groups is 1. The van der Waals surface area contributed by atoms with E-state index in [9.17, 15) is 18.0 Å². The van der Waals surface area contributed by atoms with Crippen LogP contribution in [0.5, 0.6) is 0 Å². The number of ether oxygens (including phenoxy) is 1. The SMILES string of the molecule is CC(C)C[C@H](Cl)C(=O)O[C@H](c1c2ccccc2cc2ccccc12)C(F)(F)F. The molecule has 2 nitrogen and oxygen atoms in total. The zero-order valence-corrected chi connectivity index (χ0v) is 16.2. The van der Waals surface area contributed by atoms with Gasteiger partial charge in [0.05, 0.1) is 0 Å². The molecule has 0 amide bonds. The molecule has 0 aliphatic carbocycles. The molecule has 6 heteroatoms. The van der Waals surface area contributed by atoms with Crippen LogP contribution in [0.3, 0.4) is 0 Å². The highest BCUT2D eigenvalue weighted by Gasteiger charge is 2.46. The molecule has 0 N–H and O–H groups in total. The number of halogens is 4. The van der Waals surface area contributed by atoms with E-state index in [0.29, 0.717) is 21.5 Å². The predicted molar refractivity (Wildman–Crippen MR) is 105 cm³/mol. The molecule has 2 atom stereocenters. The zero-order chi connectivity index (χ0) is 20.5. The van der Waals surface area contributed by atoms with Crippen LogP contribution in [0.2, 0.25) is 0 Å². The van der Waals surface area contributed by atoms with E-state index in [1.807, 2.05) is 19.9 Å². The topological polar surface area (TPSA) is 26.3 Å². The summed E-state index contributed by atoms with van der Waals surface area (Å²) in [6.45, 7) is 3.67. The number of alkyl halides is 4. The van der Waals surface area contributed by atoms with E-state index in [-0.39, 0.29) is 17.9 Å². The zero-order valence-electron chi connectivity index (χ0n) is 15.5. The number of hydrogen-bond acceptors (Lipinski definition) is 2. The van der Waals surface area contributed by atoms with Crippen molar-refractivity contribution < 1.29 is 22.7 Å². The van der Waals surface area contributed by atoms with E-state index in [1.165, 1.54) is 0 Å². The lowest BCUT2D eigenvalue weighted by Crippen LogP contribution is -2.30. The first-order chi connectivity index (χ1) is 13.2. The van der Waals surface area contributed by atoms with Gasteiger partial charge in [0.1, 0.15) is 5.38 Å². The molecule has 0 saturated carbocycles. The highest BCUT2D eigenvalue weighted by molar-refractivity contribution is 6.29. The quantitative estimate of drug-likeness (QED) is 0.264. The summed E-state index contributed by atoms with van der Waals surface area (Å²) in [5, 5.41) is 0.945. The van der Waals surface area contributed by atoms with Crippen LogP contribution < -0.4 is 0 Å². The molecule has 0 radical (unpaired) electrons. The fourth-order valence-corrected chi connectivity index (χ4v) is 3.73. The van der Waals surface area contributed by atoms with Crippen molar-refractivity contribution in [2.24, 2.45) is 5.92 Å². The largest absolute Gasteiger partial charge is 0.447 e. The number of rotatable bonds is 5. The highest BCUT2D eigenvalue weighted by Crippen LogP contribution is 2.43. The maximum atomic E-state index is 14.0. The second-order valence-electron chi connectivity index (χ2n) is 7.19. The van der Waals surface area contributed by atoms with E-state index < -0.39 is 23.6 Å². The van der Waals surface area contributed by atoms with Gasteiger partial charge in [-0.05, 0) is 39.9 Å². The smallest absolute Gasteiger partial charge is 0.429 e. The lowest BCUT2D eigenvalue weighted by Gasteiger charge is -2.25. The molecule has 0 aliphatic rings. The lowest BCUT2D eigenvalue weighted by molar-refractivity contribution is -0.223. The molecule has 0 aromatic heterocycles. The Morgan fingerprint density at radius 1 is 1.00 bits per heavy atom. The molecule has 0 aliphatic heterocycles. The van der Waals surface area contributed by atoms with Gasteiger partial charge in [-0.2, -0.15) is 13.2 Å². The fraction of sp³-hybridized carbons (Fsp3) is 0.318. The minimum absolute atomic E-state index is 0.0535. The van der Waals surface area contributed by atoms with Crippen molar-refractivity contribution in [3.05, 3.63) is 60.2 Å². The Labute approximate surface area is 166 Å². The monoisotopic (exact) mass is 408 g/mol. The van der Waals surface area contributed by atoms with Crippen LogP contribution in [0.4, 0.5) is 13.2 Å². The van der Waals surface area contributed by atoms with E-state index in [2.05, 4.69) is 0 Å². The summed E-state index contributed by atoms with van der Waals surface area (Å²) in [6, 6.07) is 15.4. The van der Waals surface area contributed by atoms with Crippen molar-refractivity contribution in [1.82, 2.24) is 0 Å². The highest BCUT2D eigenvalue weighted by atomic mass is 35.5. The summed E-state index contributed by atoms with van der Waals surface area (Å²) in [6.07, 6.45) is -6.94. The molecule has 3 aromatic rings. The average Bonchev–Trinajstić information content (AvgIpc) is 2.62. The number of carbonyl (C=O) groups excluding carboxylic acids is 1. The van der Waals surface area contributed by atoms with Crippen LogP contribution >= 0.6 is 11.6 Å². The van der Waals surface area contributed by atoms with Crippen molar-refractivity contribution in [1.29, 1.82) is 0 Å². The summed E-state index contributed by atoms with van der Waals surface area (Å²) in [4.78, 5) is 12.3. The molecular formula is C22H20ClF3O2. The van der Waals surface area contributed by atoms with Gasteiger partial charge >= 0.3 is 12.1 Å². The Hall–Kier alpha value is -2.27. The first kappa shape index (κ1) is 20.5. The third-order valence-electron chi connectivity index (χ3n) is 4.54. The Kier molecular flexibility index (Phi) is 5.84. The standard InChI is InChI=1S/C22H20ClF3O2/c1-13(2)11-18(23)21(27)28-20(22(24,25)26)19-16-9-5-3-7-14(16)12-15-8-4-6-10-17(15)19/h3-10,12-13,18,20H,11H2,1-2H3/t18-,20+/m0/s1. The van der Waals surface area contributed by atoms with E-state index >= 15 is 0 Å². The molecule has 0 saturated heterocycles. The molecule has 0 fully saturated rings. The molecule has 3 aromatic carbocycles. The third kappa shape index (κ3) is 4.25. The van der Waals surface area contributed by atoms with Crippen molar-refractivity contribution in [2.45, 2.75) is 37.9 Å². The number of esters is 1. The minimum atomic E-state index is -4.78. The number of hydrogen-bond donors (Lipinski definition) is 0. The predicted octanol–water partition coefficient (Wildman–Crippen LogP) is 6.79. The van der Waals surface area contributed by atoms with Gasteiger partial charge in [0.15, 0.2) is 0 Å². The molecule has 3 rings (SSSR count). The molecule has 0 unspecified atom stereocenters. The van der Waals surface area contributed by atoms with Gasteiger partial charge in [-0.1, -0.05) is 62.4 Å². The Morgan fingerprint density at radius 2 is 1.50 bits per heavy atom. The summed E-state index contributed by atoms with van der Waals surface area (Å²) >= 11 is 6.00. The first-order valence-electron chi connectivity index (χ1n) is 9.00. The van der Waals surface area contributed by atoms with Gasteiger partial charge in [0.25, 0.3) is 0 Å². The van der Waals surface area contributed by atoms with Gasteiger partial charge in [-0.25, -0.2) is 0 Å². The fourth-order valence-electron chi connectivity index (χ4n) is 3.32. The summed E-state index contributed by atoms with van der Waals surface area (Å²) < 4.78 is 47.1. The Bertz CT molecular complexity index is 944. The second kappa shape index (κ2) is 8.00. The van der Waals surface area contributed by atoms with Gasteiger partial charge in [-0.15, -0.1) is 11.6 Å². The number of benzene rings is 3. The Balaban J connectivity index is 2.17. The molecule has 0 spiro atoms. The van der Waals surface area contributed by atoms with Crippen LogP contribution in [-0.2, 0) is 9.53 Å². The third-order valence-corrected chi connectivity index (χ3v) is 4.90. The van der Waals surface area contributed by atoms with Gasteiger partial charge in [0, 0.05) is 5.56 Å².